The number of carbonyl (C=O) groups excluding carboxylic acids is 1. The smallest absolute Gasteiger partial charge is 0.365 e. The Labute approximate surface area is 129 Å². The van der Waals surface area contributed by atoms with Gasteiger partial charge in [-0.25, -0.2) is 9.48 Å². The number of ether oxygens (including phenoxy) is 1. The Hall–Kier alpha value is -1.43. The normalized spacial score (nSPS) is 15.7. The highest BCUT2D eigenvalue weighted by Gasteiger charge is 2.43. The van der Waals surface area contributed by atoms with Gasteiger partial charge in [0, 0.05) is 0 Å². The number of carbonyl (C=O) groups is 1. The van der Waals surface area contributed by atoms with Crippen LogP contribution in [0.4, 0.5) is 4.39 Å². The molecule has 1 aromatic carbocycles. The van der Waals surface area contributed by atoms with E-state index >= 15 is 0 Å². The third-order valence-corrected chi connectivity index (χ3v) is 4.69. The fourth-order valence-corrected chi connectivity index (χ4v) is 3.16. The Morgan fingerprint density at radius 3 is 2.50 bits per heavy atom. The van der Waals surface area contributed by atoms with Crippen LogP contribution in [0.3, 0.4) is 0 Å². The summed E-state index contributed by atoms with van der Waals surface area (Å²) in [4.78, 5) is 12.0. The van der Waals surface area contributed by atoms with Gasteiger partial charge in [0.15, 0.2) is 0 Å². The number of rotatable bonds is 8. The minimum Gasteiger partial charge on any atom is -0.464 e. The van der Waals surface area contributed by atoms with Gasteiger partial charge in [-0.05, 0) is 32.4 Å². The molecule has 0 aromatic heterocycles. The zero-order chi connectivity index (χ0) is 16.8. The minimum atomic E-state index is -4.16. The molecule has 2 unspecified atom stereocenters. The zero-order valence-corrected chi connectivity index (χ0v) is 13.8. The zero-order valence-electron chi connectivity index (χ0n) is 12.9. The molecule has 0 saturated heterocycles. The highest BCUT2D eigenvalue weighted by Crippen LogP contribution is 2.48. The fourth-order valence-electron chi connectivity index (χ4n) is 1.58. The average Bonchev–Trinajstić information content (AvgIpc) is 2.44. The maximum atomic E-state index is 13.7. The average molecular weight is 332 g/mol. The predicted molar refractivity (Wildman–Crippen MR) is 82.2 cm³/mol. The number of para-hydroxylation sites is 1. The number of nitrogens with two attached hydrogens (primary N) is 1. The molecular formula is C14H22FN2O4P. The molecule has 0 aliphatic carbocycles. The second-order valence-corrected chi connectivity index (χ2v) is 7.34. The summed E-state index contributed by atoms with van der Waals surface area (Å²) < 4.78 is 36.5. The first-order valence-corrected chi connectivity index (χ1v) is 8.61. The van der Waals surface area contributed by atoms with E-state index in [0.717, 1.165) is 0 Å². The quantitative estimate of drug-likeness (QED) is 0.432. The lowest BCUT2D eigenvalue weighted by Crippen LogP contribution is -2.48. The first-order chi connectivity index (χ1) is 10.2. The Morgan fingerprint density at radius 2 is 2.00 bits per heavy atom. The summed E-state index contributed by atoms with van der Waals surface area (Å²) >= 11 is 0. The van der Waals surface area contributed by atoms with Gasteiger partial charge in [-0.1, -0.05) is 25.1 Å². The number of benzene rings is 1. The number of nitrogens with one attached hydrogen (secondary N) is 1. The Bertz CT molecular complexity index is 537. The van der Waals surface area contributed by atoms with Gasteiger partial charge >= 0.3 is 13.5 Å². The van der Waals surface area contributed by atoms with Crippen LogP contribution in [-0.2, 0) is 14.1 Å². The highest BCUT2D eigenvalue weighted by atomic mass is 31.2. The summed E-state index contributed by atoms with van der Waals surface area (Å²) in [6.45, 7) is 4.91. The third-order valence-electron chi connectivity index (χ3n) is 2.69. The van der Waals surface area contributed by atoms with E-state index in [-0.39, 0.29) is 12.4 Å². The topological polar surface area (TPSA) is 90.6 Å². The molecule has 0 amide bonds. The van der Waals surface area contributed by atoms with Gasteiger partial charge in [0.25, 0.3) is 0 Å². The van der Waals surface area contributed by atoms with Crippen molar-refractivity contribution in [2.75, 3.05) is 6.61 Å². The number of halogens is 1. The van der Waals surface area contributed by atoms with Crippen molar-refractivity contribution in [3.8, 4) is 5.75 Å². The Kier molecular flexibility index (Phi) is 6.53. The number of hydrogen-bond acceptors (Lipinski definition) is 5. The van der Waals surface area contributed by atoms with E-state index in [1.165, 1.54) is 26.0 Å². The van der Waals surface area contributed by atoms with Crippen molar-refractivity contribution in [2.45, 2.75) is 38.8 Å². The van der Waals surface area contributed by atoms with Gasteiger partial charge in [-0.15, -0.1) is 0 Å². The molecule has 22 heavy (non-hydrogen) atoms. The lowest BCUT2D eigenvalue weighted by Gasteiger charge is -2.30. The van der Waals surface area contributed by atoms with Crippen molar-refractivity contribution in [1.82, 2.24) is 5.09 Å². The van der Waals surface area contributed by atoms with Crippen molar-refractivity contribution in [1.29, 1.82) is 0 Å². The first kappa shape index (κ1) is 18.6. The second-order valence-electron chi connectivity index (χ2n) is 5.25. The second kappa shape index (κ2) is 7.72. The molecule has 6 nitrogen and oxygen atoms in total. The van der Waals surface area contributed by atoms with Crippen LogP contribution in [0.1, 0.15) is 27.2 Å². The van der Waals surface area contributed by atoms with Crippen LogP contribution in [0.5, 0.6) is 5.75 Å². The molecule has 1 rings (SSSR count). The summed E-state index contributed by atoms with van der Waals surface area (Å²) in [6, 6.07) is 5.75. The number of alkyl halides is 1. The lowest BCUT2D eigenvalue weighted by molar-refractivity contribution is -0.149. The number of hydrogen-bond donors (Lipinski definition) is 2. The third kappa shape index (κ3) is 5.09. The van der Waals surface area contributed by atoms with Gasteiger partial charge < -0.3 is 9.26 Å². The molecule has 3 N–H and O–H groups in total. The van der Waals surface area contributed by atoms with Gasteiger partial charge in [-0.2, -0.15) is 0 Å². The van der Waals surface area contributed by atoms with E-state index in [4.69, 9.17) is 15.0 Å². The summed E-state index contributed by atoms with van der Waals surface area (Å²) in [6.07, 6.45) is 0.641. The molecule has 2 atom stereocenters. The molecule has 0 radical (unpaired) electrons. The molecule has 0 fully saturated rings. The first-order valence-electron chi connectivity index (χ1n) is 6.92. The van der Waals surface area contributed by atoms with Crippen molar-refractivity contribution < 1.29 is 23.0 Å². The van der Waals surface area contributed by atoms with Crippen LogP contribution in [0.2, 0.25) is 0 Å². The summed E-state index contributed by atoms with van der Waals surface area (Å²) in [7, 11) is -4.16. The van der Waals surface area contributed by atoms with Crippen molar-refractivity contribution in [2.24, 2.45) is 5.73 Å². The molecule has 0 spiro atoms. The van der Waals surface area contributed by atoms with Crippen LogP contribution in [0.15, 0.2) is 30.3 Å². The molecule has 0 aliphatic rings. The molecule has 1 aromatic rings. The Morgan fingerprint density at radius 1 is 1.41 bits per heavy atom. The lowest BCUT2D eigenvalue weighted by atomic mass is 10.1. The van der Waals surface area contributed by atoms with Crippen LogP contribution >= 0.6 is 7.52 Å². The largest absolute Gasteiger partial charge is 0.464 e. The molecule has 0 heterocycles. The molecule has 124 valence electrons. The van der Waals surface area contributed by atoms with E-state index in [0.29, 0.717) is 6.42 Å². The van der Waals surface area contributed by atoms with Crippen molar-refractivity contribution >= 4 is 13.5 Å². The van der Waals surface area contributed by atoms with Gasteiger partial charge in [0.2, 0.25) is 6.04 Å². The summed E-state index contributed by atoms with van der Waals surface area (Å²) in [5, 5.41) is 2.39. The molecule has 0 bridgehead atoms. The van der Waals surface area contributed by atoms with Crippen molar-refractivity contribution in [3.63, 3.8) is 0 Å². The monoisotopic (exact) mass is 332 g/mol. The molecule has 0 saturated carbocycles. The van der Waals surface area contributed by atoms with E-state index in [1.54, 1.807) is 18.2 Å². The van der Waals surface area contributed by atoms with Crippen LogP contribution in [0.25, 0.3) is 0 Å². The van der Waals surface area contributed by atoms with Gasteiger partial charge in [0.05, 0.1) is 6.61 Å². The summed E-state index contributed by atoms with van der Waals surface area (Å²) in [5.41, 5.74) is 3.74. The highest BCUT2D eigenvalue weighted by molar-refractivity contribution is 7.57. The predicted octanol–water partition coefficient (Wildman–Crippen LogP) is 2.79. The van der Waals surface area contributed by atoms with Crippen molar-refractivity contribution in [3.05, 3.63) is 30.3 Å². The fraction of sp³-hybridized carbons (Fsp3) is 0.500. The molecule has 8 heteroatoms. The summed E-state index contributed by atoms with van der Waals surface area (Å²) in [5.74, 6) is -0.476. The molecule has 0 aliphatic heterocycles. The van der Waals surface area contributed by atoms with Gasteiger partial charge in [0.1, 0.15) is 11.3 Å². The van der Waals surface area contributed by atoms with Crippen LogP contribution < -0.4 is 15.3 Å². The minimum absolute atomic E-state index is 0.184. The van der Waals surface area contributed by atoms with E-state index in [9.17, 15) is 13.8 Å². The van der Waals surface area contributed by atoms with E-state index < -0.39 is 25.1 Å². The standard InChI is InChI=1S/C14H22FN2O4P/c1-4-10-20-12(18)14(2,3)17-22(19,13(15)16)21-11-8-6-5-7-9-11/h5-9,13H,4,10,16H2,1-3H3,(H,17,19). The van der Waals surface area contributed by atoms with Gasteiger partial charge in [-0.3, -0.25) is 15.1 Å². The Balaban J connectivity index is 2.91. The maximum Gasteiger partial charge on any atom is 0.365 e. The SMILES string of the molecule is CCCOC(=O)C(C)(C)NP(=O)(Oc1ccccc1)C(N)F. The molecular weight excluding hydrogens is 310 g/mol. The number of esters is 1. The van der Waals surface area contributed by atoms with E-state index in [2.05, 4.69) is 5.09 Å². The maximum absolute atomic E-state index is 13.7. The van der Waals surface area contributed by atoms with Crippen LogP contribution in [0, 0.1) is 0 Å². The van der Waals surface area contributed by atoms with E-state index in [1.807, 2.05) is 6.92 Å². The van der Waals surface area contributed by atoms with Crippen LogP contribution in [-0.4, -0.2) is 24.2 Å².